The minimum Gasteiger partial charge on any atom is -0.361 e. The van der Waals surface area contributed by atoms with Crippen molar-refractivity contribution in [2.45, 2.75) is 19.3 Å². The van der Waals surface area contributed by atoms with E-state index in [1.807, 2.05) is 0 Å². The van der Waals surface area contributed by atoms with Crippen molar-refractivity contribution in [2.24, 2.45) is 4.99 Å². The summed E-state index contributed by atoms with van der Waals surface area (Å²) in [6, 6.07) is 13.5. The average molecular weight is 483 g/mol. The van der Waals surface area contributed by atoms with Crippen molar-refractivity contribution in [1.82, 2.24) is 9.97 Å². The van der Waals surface area contributed by atoms with E-state index in [0.717, 1.165) is 10.6 Å². The molecule has 0 amide bonds. The number of nitrogens with zero attached hydrogens (tertiary/aromatic N) is 5. The van der Waals surface area contributed by atoms with Gasteiger partial charge < -0.3 is 10.2 Å². The molecule has 0 saturated carbocycles. The first-order valence-electron chi connectivity index (χ1n) is 10.2. The molecule has 0 spiro atoms. The Morgan fingerprint density at radius 3 is 2.59 bits per heavy atom. The molecule has 174 valence electrons. The van der Waals surface area contributed by atoms with Crippen LogP contribution in [0.15, 0.2) is 53.5 Å². The van der Waals surface area contributed by atoms with Crippen LogP contribution in [0.4, 0.5) is 37.3 Å². The van der Waals surface area contributed by atoms with E-state index >= 15 is 0 Å². The lowest BCUT2D eigenvalue weighted by atomic mass is 10.1. The summed E-state index contributed by atoms with van der Waals surface area (Å²) >= 11 is 0. The van der Waals surface area contributed by atoms with Gasteiger partial charge in [0.25, 0.3) is 12.2 Å². The third kappa shape index (κ3) is 4.87. The Bertz CT molecular complexity index is 1430. The third-order valence-corrected chi connectivity index (χ3v) is 6.44. The second-order valence-electron chi connectivity index (χ2n) is 7.69. The maximum atomic E-state index is 13.4. The van der Waals surface area contributed by atoms with Gasteiger partial charge in [0.2, 0.25) is 10.0 Å². The highest BCUT2D eigenvalue weighted by Gasteiger charge is 2.27. The fourth-order valence-electron chi connectivity index (χ4n) is 3.55. The van der Waals surface area contributed by atoms with Gasteiger partial charge in [-0.15, -0.1) is 4.98 Å². The summed E-state index contributed by atoms with van der Waals surface area (Å²) in [6.07, 6.45) is -1.43. The number of para-hydroxylation sites is 2. The van der Waals surface area contributed by atoms with Gasteiger partial charge in [-0.25, -0.2) is 22.2 Å². The molecule has 1 N–H and O–H groups in total. The van der Waals surface area contributed by atoms with Crippen LogP contribution in [-0.4, -0.2) is 43.8 Å². The molecule has 0 saturated heterocycles. The van der Waals surface area contributed by atoms with E-state index in [9.17, 15) is 17.2 Å². The van der Waals surface area contributed by atoms with Gasteiger partial charge in [0, 0.05) is 13.5 Å². The molecule has 8 nitrogen and oxygen atoms in total. The molecule has 1 aliphatic rings. The van der Waals surface area contributed by atoms with E-state index in [0.29, 0.717) is 39.8 Å². The molecule has 0 fully saturated rings. The van der Waals surface area contributed by atoms with Gasteiger partial charge in [0.15, 0.2) is 0 Å². The SMILES string of the molecule is [C-]#[N+]c1cccc(Cc2cc(Nc3ccccc3N(C)S(C)(=O)=O)c3c(n2)CC(C(F)F)=N3)n1. The molecule has 0 radical (unpaired) electrons. The van der Waals surface area contributed by atoms with Crippen LogP contribution in [0.2, 0.25) is 0 Å². The molecule has 4 rings (SSSR count). The summed E-state index contributed by atoms with van der Waals surface area (Å²) in [5.74, 6) is 0.248. The number of pyridine rings is 2. The number of hydrogen-bond donors (Lipinski definition) is 1. The molecular formula is C23H20F2N6O2S. The normalized spacial score (nSPS) is 12.8. The quantitative estimate of drug-likeness (QED) is 0.495. The molecule has 3 aromatic rings. The largest absolute Gasteiger partial charge is 0.361 e. The zero-order valence-corrected chi connectivity index (χ0v) is 19.1. The molecule has 0 atom stereocenters. The lowest BCUT2D eigenvalue weighted by Gasteiger charge is -2.21. The summed E-state index contributed by atoms with van der Waals surface area (Å²) < 4.78 is 52.2. The van der Waals surface area contributed by atoms with Crippen LogP contribution in [-0.2, 0) is 22.9 Å². The van der Waals surface area contributed by atoms with Crippen LogP contribution in [0.3, 0.4) is 0 Å². The number of hydrogen-bond acceptors (Lipinski definition) is 6. The Balaban J connectivity index is 1.77. The molecular weight excluding hydrogens is 462 g/mol. The van der Waals surface area contributed by atoms with Gasteiger partial charge in [0.05, 0.1) is 46.8 Å². The minimum absolute atomic E-state index is 0.0874. The topological polar surface area (TPSA) is 91.9 Å². The number of aliphatic imine (C=N–C) groups is 1. The van der Waals surface area contributed by atoms with Crippen LogP contribution >= 0.6 is 0 Å². The van der Waals surface area contributed by atoms with E-state index < -0.39 is 16.4 Å². The van der Waals surface area contributed by atoms with Crippen LogP contribution in [0.1, 0.15) is 17.1 Å². The van der Waals surface area contributed by atoms with E-state index in [4.69, 9.17) is 6.57 Å². The summed E-state index contributed by atoms with van der Waals surface area (Å²) in [5, 5.41) is 3.17. The standard InChI is InChI=1S/C23H20F2N6O2S/c1-26-21-10-6-7-14(28-21)11-15-12-17(22-18(27-15)13-19(30-22)23(24)25)29-16-8-4-5-9-20(16)31(2)34(3,32)33/h4-10,12,23H,11,13H2,2-3H3,(H,27,29). The highest BCUT2D eigenvalue weighted by molar-refractivity contribution is 7.92. The maximum absolute atomic E-state index is 13.4. The van der Waals surface area contributed by atoms with Crippen LogP contribution in [0.5, 0.6) is 0 Å². The van der Waals surface area contributed by atoms with Gasteiger partial charge >= 0.3 is 0 Å². The Kier molecular flexibility index (Phi) is 6.26. The van der Waals surface area contributed by atoms with Gasteiger partial charge in [-0.1, -0.05) is 24.8 Å². The number of rotatable bonds is 7. The van der Waals surface area contributed by atoms with Crippen LogP contribution < -0.4 is 9.62 Å². The van der Waals surface area contributed by atoms with Crippen molar-refractivity contribution in [1.29, 1.82) is 0 Å². The van der Waals surface area contributed by atoms with Crippen molar-refractivity contribution in [3.05, 3.63) is 77.0 Å². The molecule has 3 heterocycles. The lowest BCUT2D eigenvalue weighted by Crippen LogP contribution is -2.25. The molecule has 0 aliphatic carbocycles. The maximum Gasteiger partial charge on any atom is 0.277 e. The number of benzene rings is 1. The smallest absolute Gasteiger partial charge is 0.277 e. The van der Waals surface area contributed by atoms with Gasteiger partial charge in [0.1, 0.15) is 11.4 Å². The molecule has 0 unspecified atom stereocenters. The Hall–Kier alpha value is -3.91. The first kappa shape index (κ1) is 23.3. The molecule has 0 bridgehead atoms. The minimum atomic E-state index is -3.54. The molecule has 11 heteroatoms. The molecule has 1 aliphatic heterocycles. The number of nitrogens with one attached hydrogen (secondary N) is 1. The number of halogens is 2. The molecule has 1 aromatic carbocycles. The van der Waals surface area contributed by atoms with E-state index in [1.165, 1.54) is 7.05 Å². The van der Waals surface area contributed by atoms with E-state index in [-0.39, 0.29) is 24.4 Å². The fourth-order valence-corrected chi connectivity index (χ4v) is 4.07. The Labute approximate surface area is 195 Å². The number of alkyl halides is 2. The van der Waals surface area contributed by atoms with Crippen LogP contribution in [0.25, 0.3) is 4.85 Å². The zero-order chi connectivity index (χ0) is 24.5. The van der Waals surface area contributed by atoms with Crippen molar-refractivity contribution in [3.63, 3.8) is 0 Å². The van der Waals surface area contributed by atoms with Crippen molar-refractivity contribution in [2.75, 3.05) is 22.9 Å². The summed E-state index contributed by atoms with van der Waals surface area (Å²) in [4.78, 5) is 16.2. The predicted octanol–water partition coefficient (Wildman–Crippen LogP) is 4.65. The Morgan fingerprint density at radius 2 is 1.88 bits per heavy atom. The Morgan fingerprint density at radius 1 is 1.12 bits per heavy atom. The molecule has 34 heavy (non-hydrogen) atoms. The van der Waals surface area contributed by atoms with E-state index in [2.05, 4.69) is 25.1 Å². The highest BCUT2D eigenvalue weighted by Crippen LogP contribution is 2.39. The third-order valence-electron chi connectivity index (χ3n) is 5.25. The summed E-state index contributed by atoms with van der Waals surface area (Å²) in [7, 11) is -2.10. The van der Waals surface area contributed by atoms with E-state index in [1.54, 1.807) is 48.5 Å². The second-order valence-corrected chi connectivity index (χ2v) is 9.70. The number of aromatic nitrogens is 2. The fraction of sp³-hybridized carbons (Fsp3) is 0.217. The second kappa shape index (κ2) is 9.15. The number of fused-ring (bicyclic) bond motifs is 1. The van der Waals surface area contributed by atoms with Crippen molar-refractivity contribution >= 4 is 44.3 Å². The van der Waals surface area contributed by atoms with Crippen molar-refractivity contribution < 1.29 is 17.2 Å². The highest BCUT2D eigenvalue weighted by atomic mass is 32.2. The zero-order valence-electron chi connectivity index (χ0n) is 18.3. The first-order valence-corrected chi connectivity index (χ1v) is 12.0. The summed E-state index contributed by atoms with van der Waals surface area (Å²) in [5.41, 5.74) is 2.84. The summed E-state index contributed by atoms with van der Waals surface area (Å²) in [6.45, 7) is 7.14. The monoisotopic (exact) mass is 482 g/mol. The molecule has 2 aromatic heterocycles. The number of sulfonamides is 1. The average Bonchev–Trinajstić information content (AvgIpc) is 3.23. The van der Waals surface area contributed by atoms with Crippen LogP contribution in [0, 0.1) is 6.57 Å². The first-order chi connectivity index (χ1) is 16.2. The number of anilines is 3. The van der Waals surface area contributed by atoms with Crippen molar-refractivity contribution in [3.8, 4) is 0 Å². The predicted molar refractivity (Wildman–Crippen MR) is 127 cm³/mol. The van der Waals surface area contributed by atoms with Gasteiger partial charge in [-0.3, -0.25) is 9.29 Å². The van der Waals surface area contributed by atoms with Gasteiger partial charge in [-0.05, 0) is 30.3 Å². The van der Waals surface area contributed by atoms with Gasteiger partial charge in [-0.2, -0.15) is 0 Å². The lowest BCUT2D eigenvalue weighted by molar-refractivity contribution is 0.224.